The van der Waals surface area contributed by atoms with Crippen molar-refractivity contribution in [1.82, 2.24) is 24.6 Å². The van der Waals surface area contributed by atoms with Crippen molar-refractivity contribution < 1.29 is 13.9 Å². The maximum Gasteiger partial charge on any atom is 0.253 e. The van der Waals surface area contributed by atoms with Gasteiger partial charge in [-0.15, -0.1) is 0 Å². The van der Waals surface area contributed by atoms with E-state index in [0.29, 0.717) is 31.8 Å². The SMILES string of the molecule is CCCCOc1ccc(C(=O)N2CCCN(c3nc(CCCC)nc4c3c(C)nn4-c3ccc(F)cc3)CC2)cc1. The van der Waals surface area contributed by atoms with Crippen LogP contribution in [-0.4, -0.2) is 63.3 Å². The number of nitrogens with zero attached hydrogens (tertiary/aromatic N) is 6. The lowest BCUT2D eigenvalue weighted by Crippen LogP contribution is -2.35. The summed E-state index contributed by atoms with van der Waals surface area (Å²) in [4.78, 5) is 27.5. The van der Waals surface area contributed by atoms with E-state index < -0.39 is 0 Å². The lowest BCUT2D eigenvalue weighted by atomic mass is 10.2. The molecule has 0 saturated carbocycles. The molecule has 1 amide bonds. The molecular weight excluding hydrogens is 519 g/mol. The van der Waals surface area contributed by atoms with Gasteiger partial charge >= 0.3 is 0 Å². The lowest BCUT2D eigenvalue weighted by molar-refractivity contribution is 0.0767. The van der Waals surface area contributed by atoms with E-state index in [1.807, 2.05) is 36.1 Å². The number of benzene rings is 2. The summed E-state index contributed by atoms with van der Waals surface area (Å²) < 4.78 is 21.2. The fourth-order valence-electron chi connectivity index (χ4n) is 5.19. The van der Waals surface area contributed by atoms with Gasteiger partial charge in [0.05, 0.1) is 23.4 Å². The third-order valence-electron chi connectivity index (χ3n) is 7.51. The molecular formula is C32H39FN6O2. The van der Waals surface area contributed by atoms with E-state index in [2.05, 4.69) is 18.7 Å². The molecule has 0 N–H and O–H groups in total. The van der Waals surface area contributed by atoms with Crippen LogP contribution in [0, 0.1) is 12.7 Å². The van der Waals surface area contributed by atoms with Gasteiger partial charge in [-0.25, -0.2) is 19.0 Å². The second-order valence-corrected chi connectivity index (χ2v) is 10.6. The van der Waals surface area contributed by atoms with E-state index >= 15 is 0 Å². The highest BCUT2D eigenvalue weighted by Crippen LogP contribution is 2.30. The number of hydrogen-bond donors (Lipinski definition) is 0. The van der Waals surface area contributed by atoms with Crippen molar-refractivity contribution in [2.24, 2.45) is 0 Å². The van der Waals surface area contributed by atoms with Crippen LogP contribution in [0.2, 0.25) is 0 Å². The molecule has 1 aliphatic heterocycles. The van der Waals surface area contributed by atoms with Gasteiger partial charge in [0.1, 0.15) is 23.2 Å². The molecule has 3 heterocycles. The number of hydrogen-bond acceptors (Lipinski definition) is 6. The van der Waals surface area contributed by atoms with Gasteiger partial charge in [0.2, 0.25) is 0 Å². The third kappa shape index (κ3) is 6.50. The molecule has 9 heteroatoms. The molecule has 0 aliphatic carbocycles. The zero-order valence-corrected chi connectivity index (χ0v) is 24.3. The number of anilines is 1. The molecule has 216 valence electrons. The second-order valence-electron chi connectivity index (χ2n) is 10.6. The minimum absolute atomic E-state index is 0.0312. The van der Waals surface area contributed by atoms with E-state index in [1.165, 1.54) is 12.1 Å². The van der Waals surface area contributed by atoms with E-state index in [1.54, 1.807) is 16.8 Å². The lowest BCUT2D eigenvalue weighted by Gasteiger charge is -2.24. The number of fused-ring (bicyclic) bond motifs is 1. The normalized spacial score (nSPS) is 14.0. The molecule has 8 nitrogen and oxygen atoms in total. The molecule has 4 aromatic rings. The van der Waals surface area contributed by atoms with Crippen molar-refractivity contribution in [1.29, 1.82) is 0 Å². The van der Waals surface area contributed by atoms with Gasteiger partial charge < -0.3 is 14.5 Å². The first-order valence-corrected chi connectivity index (χ1v) is 14.8. The highest BCUT2D eigenvalue weighted by atomic mass is 19.1. The smallest absolute Gasteiger partial charge is 0.253 e. The fraction of sp³-hybridized carbons (Fsp3) is 0.438. The quantitative estimate of drug-likeness (QED) is 0.218. The number of aromatic nitrogens is 4. The van der Waals surface area contributed by atoms with Crippen LogP contribution in [0.3, 0.4) is 0 Å². The molecule has 0 spiro atoms. The summed E-state index contributed by atoms with van der Waals surface area (Å²) in [7, 11) is 0. The number of amides is 1. The molecule has 0 radical (unpaired) electrons. The molecule has 0 unspecified atom stereocenters. The van der Waals surface area contributed by atoms with E-state index in [0.717, 1.165) is 84.9 Å². The Bertz CT molecular complexity index is 1470. The van der Waals surface area contributed by atoms with Crippen molar-refractivity contribution in [3.63, 3.8) is 0 Å². The van der Waals surface area contributed by atoms with Crippen LogP contribution in [0.15, 0.2) is 48.5 Å². The summed E-state index contributed by atoms with van der Waals surface area (Å²) in [5.74, 6) is 2.16. The van der Waals surface area contributed by atoms with Gasteiger partial charge in [0.15, 0.2) is 5.65 Å². The van der Waals surface area contributed by atoms with Crippen molar-refractivity contribution >= 4 is 22.8 Å². The van der Waals surface area contributed by atoms with Crippen molar-refractivity contribution in [3.8, 4) is 11.4 Å². The Labute approximate surface area is 241 Å². The summed E-state index contributed by atoms with van der Waals surface area (Å²) in [6.45, 7) is 9.63. The highest BCUT2D eigenvalue weighted by molar-refractivity contribution is 5.94. The predicted molar refractivity (Wildman–Crippen MR) is 160 cm³/mol. The van der Waals surface area contributed by atoms with Crippen LogP contribution < -0.4 is 9.64 Å². The Morgan fingerprint density at radius 2 is 1.68 bits per heavy atom. The molecule has 1 aliphatic rings. The second kappa shape index (κ2) is 13.1. The predicted octanol–water partition coefficient (Wildman–Crippen LogP) is 6.14. The van der Waals surface area contributed by atoms with Gasteiger partial charge in [-0.05, 0) is 74.7 Å². The minimum atomic E-state index is -0.291. The van der Waals surface area contributed by atoms with Crippen molar-refractivity contribution in [2.45, 2.75) is 59.3 Å². The Morgan fingerprint density at radius 3 is 2.41 bits per heavy atom. The van der Waals surface area contributed by atoms with Crippen molar-refractivity contribution in [3.05, 3.63) is 71.4 Å². The summed E-state index contributed by atoms with van der Waals surface area (Å²) in [6.07, 6.45) is 5.71. The van der Waals surface area contributed by atoms with Gasteiger partial charge in [-0.3, -0.25) is 4.79 Å². The average molecular weight is 559 g/mol. The largest absolute Gasteiger partial charge is 0.494 e. The molecule has 41 heavy (non-hydrogen) atoms. The van der Waals surface area contributed by atoms with Crippen LogP contribution in [0.5, 0.6) is 5.75 Å². The number of carbonyl (C=O) groups is 1. The Hall–Kier alpha value is -4.01. The Morgan fingerprint density at radius 1 is 0.927 bits per heavy atom. The number of aryl methyl sites for hydroxylation is 2. The van der Waals surface area contributed by atoms with E-state index in [4.69, 9.17) is 19.8 Å². The monoisotopic (exact) mass is 558 g/mol. The topological polar surface area (TPSA) is 76.4 Å². The van der Waals surface area contributed by atoms with E-state index in [9.17, 15) is 9.18 Å². The maximum atomic E-state index is 13.6. The number of unbranched alkanes of at least 4 members (excludes halogenated alkanes) is 2. The maximum absolute atomic E-state index is 13.6. The number of carbonyl (C=O) groups excluding carboxylic acids is 1. The molecule has 2 aromatic carbocycles. The molecule has 5 rings (SSSR count). The van der Waals surface area contributed by atoms with Gasteiger partial charge in [0.25, 0.3) is 5.91 Å². The van der Waals surface area contributed by atoms with Crippen LogP contribution in [0.25, 0.3) is 16.7 Å². The molecule has 0 atom stereocenters. The molecule has 0 bridgehead atoms. The fourth-order valence-corrected chi connectivity index (χ4v) is 5.19. The summed E-state index contributed by atoms with van der Waals surface area (Å²) in [5, 5.41) is 5.69. The van der Waals surface area contributed by atoms with Crippen molar-refractivity contribution in [2.75, 3.05) is 37.7 Å². The highest BCUT2D eigenvalue weighted by Gasteiger charge is 2.25. The third-order valence-corrected chi connectivity index (χ3v) is 7.51. The van der Waals surface area contributed by atoms with Crippen LogP contribution in [0.4, 0.5) is 10.2 Å². The van der Waals surface area contributed by atoms with Gasteiger partial charge in [0, 0.05) is 38.2 Å². The molecule has 2 aromatic heterocycles. The Kier molecular flexibility index (Phi) is 9.11. The first-order chi connectivity index (χ1) is 20.0. The zero-order chi connectivity index (χ0) is 28.8. The number of ether oxygens (including phenoxy) is 1. The number of halogens is 1. The number of rotatable bonds is 10. The first kappa shape index (κ1) is 28.5. The van der Waals surface area contributed by atoms with Crippen LogP contribution >= 0.6 is 0 Å². The molecule has 1 saturated heterocycles. The summed E-state index contributed by atoms with van der Waals surface area (Å²) >= 11 is 0. The standard InChI is InChI=1S/C32H39FN6O2/c1-4-6-9-28-34-30(29-23(3)36-39(31(29)35-28)26-14-12-25(33)13-15-26)37-18-8-19-38(21-20-37)32(40)24-10-16-27(17-11-24)41-22-7-5-2/h10-17H,4-9,18-22H2,1-3H3. The summed E-state index contributed by atoms with van der Waals surface area (Å²) in [6, 6.07) is 13.8. The first-order valence-electron chi connectivity index (χ1n) is 14.8. The van der Waals surface area contributed by atoms with E-state index in [-0.39, 0.29) is 11.7 Å². The molecule has 1 fully saturated rings. The minimum Gasteiger partial charge on any atom is -0.494 e. The van der Waals surface area contributed by atoms with Crippen LogP contribution in [0.1, 0.15) is 67.8 Å². The zero-order valence-electron chi connectivity index (χ0n) is 24.3. The Balaban J connectivity index is 1.39. The van der Waals surface area contributed by atoms with Gasteiger partial charge in [-0.1, -0.05) is 26.7 Å². The average Bonchev–Trinajstić information content (AvgIpc) is 3.15. The van der Waals surface area contributed by atoms with Crippen LogP contribution in [-0.2, 0) is 6.42 Å². The summed E-state index contributed by atoms with van der Waals surface area (Å²) in [5.41, 5.74) is 2.97. The van der Waals surface area contributed by atoms with Gasteiger partial charge in [-0.2, -0.15) is 5.10 Å².